The summed E-state index contributed by atoms with van der Waals surface area (Å²) in [5.74, 6) is -0.248. The van der Waals surface area contributed by atoms with Crippen LogP contribution in [0.3, 0.4) is 0 Å². The molecule has 1 N–H and O–H groups in total. The Morgan fingerprint density at radius 1 is 1.08 bits per heavy atom. The Labute approximate surface area is 223 Å². The summed E-state index contributed by atoms with van der Waals surface area (Å²) >= 11 is 0. The number of benzene rings is 2. The Bertz CT molecular complexity index is 1210. The second-order valence-corrected chi connectivity index (χ2v) is 10.5. The number of esters is 2. The van der Waals surface area contributed by atoms with E-state index in [4.69, 9.17) is 14.2 Å². The van der Waals surface area contributed by atoms with Crippen LogP contribution in [-0.4, -0.2) is 35.5 Å². The first-order chi connectivity index (χ1) is 18.2. The molecule has 0 aliphatic carbocycles. The first-order valence-corrected chi connectivity index (χ1v) is 13.5. The first-order valence-electron chi connectivity index (χ1n) is 13.5. The zero-order valence-electron chi connectivity index (χ0n) is 22.3. The number of ether oxygens (including phenoxy) is 3. The van der Waals surface area contributed by atoms with Gasteiger partial charge in [0.25, 0.3) is 0 Å². The normalized spacial score (nSPS) is 20.7. The number of rotatable bonds is 4. The third-order valence-corrected chi connectivity index (χ3v) is 6.84. The smallest absolute Gasteiger partial charge is 0.342 e. The van der Waals surface area contributed by atoms with E-state index < -0.39 is 24.0 Å². The van der Waals surface area contributed by atoms with Gasteiger partial charge < -0.3 is 19.3 Å². The molecule has 0 fully saturated rings. The highest BCUT2D eigenvalue weighted by Crippen LogP contribution is 2.47. The number of phenols is 1. The fourth-order valence-electron chi connectivity index (χ4n) is 4.86. The molecule has 0 spiro atoms. The molecule has 2 aliphatic rings. The van der Waals surface area contributed by atoms with Crippen LogP contribution in [0.4, 0.5) is 0 Å². The van der Waals surface area contributed by atoms with Crippen molar-refractivity contribution in [3.05, 3.63) is 58.7 Å². The van der Waals surface area contributed by atoms with E-state index in [0.717, 1.165) is 11.3 Å². The number of ketones is 1. The standard InChI is InChI=1S/C31H36O7/c1-19(2)18-36-24-14-12-21(13-15-24)25-17-27(33)38-26-16-22-9-5-4-6-10-23(32)11-7-8-20(3)37-31(35)28(22)30(34)29(25)26/h5,9,12-16,19-20,25,34H,4,6-8,10-11,17-18H2,1-3H3/t20-,25+/m1/s1. The molecule has 2 atom stereocenters. The van der Waals surface area contributed by atoms with Crippen molar-refractivity contribution in [2.24, 2.45) is 5.92 Å². The average molecular weight is 521 g/mol. The molecule has 0 saturated heterocycles. The minimum absolute atomic E-state index is 0.0286. The molecular weight excluding hydrogens is 484 g/mol. The van der Waals surface area contributed by atoms with Crippen LogP contribution in [0.2, 0.25) is 0 Å². The van der Waals surface area contributed by atoms with Gasteiger partial charge in [-0.3, -0.25) is 9.59 Å². The lowest BCUT2D eigenvalue weighted by Gasteiger charge is -2.28. The number of aromatic hydroxyl groups is 1. The lowest BCUT2D eigenvalue weighted by molar-refractivity contribution is -0.135. The van der Waals surface area contributed by atoms with Crippen molar-refractivity contribution in [1.82, 2.24) is 0 Å². The number of Topliss-reactive ketones (excluding diaryl/α,β-unsaturated/α-hetero) is 1. The summed E-state index contributed by atoms with van der Waals surface area (Å²) in [5, 5.41) is 11.5. The average Bonchev–Trinajstić information content (AvgIpc) is 2.86. The van der Waals surface area contributed by atoms with Crippen LogP contribution in [0.15, 0.2) is 36.4 Å². The maximum Gasteiger partial charge on any atom is 0.342 e. The van der Waals surface area contributed by atoms with Gasteiger partial charge in [-0.1, -0.05) is 38.1 Å². The van der Waals surface area contributed by atoms with Crippen LogP contribution in [0.1, 0.15) is 98.7 Å². The Hall–Kier alpha value is -3.61. The second-order valence-electron chi connectivity index (χ2n) is 10.5. The minimum atomic E-state index is -0.645. The highest BCUT2D eigenvalue weighted by Gasteiger charge is 2.35. The van der Waals surface area contributed by atoms with E-state index in [1.165, 1.54) is 0 Å². The molecule has 202 valence electrons. The molecule has 0 radical (unpaired) electrons. The van der Waals surface area contributed by atoms with Gasteiger partial charge >= 0.3 is 11.9 Å². The van der Waals surface area contributed by atoms with Crippen molar-refractivity contribution >= 4 is 23.8 Å². The number of allylic oxidation sites excluding steroid dienone is 1. The minimum Gasteiger partial charge on any atom is -0.507 e. The van der Waals surface area contributed by atoms with Gasteiger partial charge in [0.15, 0.2) is 0 Å². The Morgan fingerprint density at radius 3 is 2.55 bits per heavy atom. The maximum atomic E-state index is 13.3. The number of fused-ring (bicyclic) bond motifs is 2. The number of carbonyl (C=O) groups excluding carboxylic acids is 3. The van der Waals surface area contributed by atoms with Gasteiger partial charge in [0, 0.05) is 24.3 Å². The van der Waals surface area contributed by atoms with E-state index in [9.17, 15) is 19.5 Å². The summed E-state index contributed by atoms with van der Waals surface area (Å²) in [6.07, 6.45) is 6.70. The predicted octanol–water partition coefficient (Wildman–Crippen LogP) is 6.35. The van der Waals surface area contributed by atoms with Gasteiger partial charge in [0.1, 0.15) is 28.6 Å². The number of phenolic OH excluding ortho intramolecular Hbond substituents is 1. The van der Waals surface area contributed by atoms with E-state index in [1.54, 1.807) is 19.1 Å². The van der Waals surface area contributed by atoms with E-state index in [-0.39, 0.29) is 29.3 Å². The molecule has 38 heavy (non-hydrogen) atoms. The molecule has 0 unspecified atom stereocenters. The predicted molar refractivity (Wildman–Crippen MR) is 144 cm³/mol. The molecule has 7 nitrogen and oxygen atoms in total. The van der Waals surface area contributed by atoms with E-state index in [2.05, 4.69) is 13.8 Å². The third-order valence-electron chi connectivity index (χ3n) is 6.84. The summed E-state index contributed by atoms with van der Waals surface area (Å²) in [7, 11) is 0. The van der Waals surface area contributed by atoms with Crippen molar-refractivity contribution < 1.29 is 33.7 Å². The van der Waals surface area contributed by atoms with E-state index in [1.807, 2.05) is 30.3 Å². The summed E-state index contributed by atoms with van der Waals surface area (Å²) in [5.41, 5.74) is 1.66. The molecule has 0 saturated carbocycles. The first kappa shape index (κ1) is 27.4. The van der Waals surface area contributed by atoms with Crippen LogP contribution in [-0.2, 0) is 14.3 Å². The van der Waals surface area contributed by atoms with Crippen molar-refractivity contribution in [2.45, 2.75) is 77.7 Å². The zero-order valence-corrected chi connectivity index (χ0v) is 22.3. The van der Waals surface area contributed by atoms with Crippen molar-refractivity contribution in [2.75, 3.05) is 6.61 Å². The Morgan fingerprint density at radius 2 is 1.82 bits per heavy atom. The summed E-state index contributed by atoms with van der Waals surface area (Å²) in [6.45, 7) is 6.52. The Kier molecular flexibility index (Phi) is 8.87. The molecule has 7 heteroatoms. The Balaban J connectivity index is 1.73. The van der Waals surface area contributed by atoms with Crippen molar-refractivity contribution in [3.8, 4) is 17.2 Å². The van der Waals surface area contributed by atoms with Crippen molar-refractivity contribution in [3.63, 3.8) is 0 Å². The molecule has 0 amide bonds. The number of carbonyl (C=O) groups is 3. The third kappa shape index (κ3) is 6.63. The van der Waals surface area contributed by atoms with Gasteiger partial charge in [-0.2, -0.15) is 0 Å². The van der Waals surface area contributed by atoms with E-state index >= 15 is 0 Å². The van der Waals surface area contributed by atoms with Crippen LogP contribution in [0.25, 0.3) is 6.08 Å². The largest absolute Gasteiger partial charge is 0.507 e. The number of hydrogen-bond acceptors (Lipinski definition) is 7. The topological polar surface area (TPSA) is 99.1 Å². The summed E-state index contributed by atoms with van der Waals surface area (Å²) in [6, 6.07) is 9.05. The number of hydrogen-bond donors (Lipinski definition) is 1. The maximum absolute atomic E-state index is 13.3. The van der Waals surface area contributed by atoms with Crippen LogP contribution in [0, 0.1) is 5.92 Å². The van der Waals surface area contributed by atoms with Gasteiger partial charge in [-0.15, -0.1) is 0 Å². The quantitative estimate of drug-likeness (QED) is 0.370. The highest BCUT2D eigenvalue weighted by atomic mass is 16.5. The van der Waals surface area contributed by atoms with Gasteiger partial charge in [0.2, 0.25) is 0 Å². The molecule has 2 aromatic carbocycles. The summed E-state index contributed by atoms with van der Waals surface area (Å²) in [4.78, 5) is 38.0. The van der Waals surface area contributed by atoms with Crippen LogP contribution in [0.5, 0.6) is 17.2 Å². The fraction of sp³-hybridized carbons (Fsp3) is 0.452. The SMILES string of the molecule is CC(C)COc1ccc([C@@H]2CC(=O)Oc3cc4c(c(O)c32)C(=O)O[C@H](C)CCCC(=O)CCCC=C4)cc1. The molecule has 2 aromatic rings. The van der Waals surface area contributed by atoms with Crippen LogP contribution >= 0.6 is 0 Å². The van der Waals surface area contributed by atoms with Crippen molar-refractivity contribution in [1.29, 1.82) is 0 Å². The molecule has 0 bridgehead atoms. The summed E-state index contributed by atoms with van der Waals surface area (Å²) < 4.78 is 17.0. The molecule has 4 rings (SSSR count). The monoisotopic (exact) mass is 520 g/mol. The van der Waals surface area contributed by atoms with Gasteiger partial charge in [-0.05, 0) is 67.9 Å². The number of cyclic esters (lactones) is 1. The lowest BCUT2D eigenvalue weighted by atomic mass is 9.83. The molecule has 2 heterocycles. The van der Waals surface area contributed by atoms with Gasteiger partial charge in [0.05, 0.1) is 19.1 Å². The lowest BCUT2D eigenvalue weighted by Crippen LogP contribution is -2.23. The second kappa shape index (κ2) is 12.3. The fourth-order valence-corrected chi connectivity index (χ4v) is 4.86. The highest BCUT2D eigenvalue weighted by molar-refractivity contribution is 5.98. The van der Waals surface area contributed by atoms with Gasteiger partial charge in [-0.25, -0.2) is 4.79 Å². The van der Waals surface area contributed by atoms with E-state index in [0.29, 0.717) is 62.2 Å². The molecule has 2 aliphatic heterocycles. The molecular formula is C31H36O7. The zero-order chi connectivity index (χ0) is 27.2. The molecule has 0 aromatic heterocycles. The van der Waals surface area contributed by atoms with Crippen LogP contribution < -0.4 is 9.47 Å².